The van der Waals surface area contributed by atoms with Crippen LogP contribution in [0.25, 0.3) is 0 Å². The van der Waals surface area contributed by atoms with E-state index in [0.29, 0.717) is 11.7 Å². The Kier molecular flexibility index (Phi) is 4.61. The second-order valence-corrected chi connectivity index (χ2v) is 5.26. The zero-order chi connectivity index (χ0) is 13.0. The highest BCUT2D eigenvalue weighted by Gasteiger charge is 2.16. The van der Waals surface area contributed by atoms with E-state index in [4.69, 9.17) is 4.74 Å². The van der Waals surface area contributed by atoms with E-state index < -0.39 is 0 Å². The predicted molar refractivity (Wildman–Crippen MR) is 72.8 cm³/mol. The number of phenols is 1. The van der Waals surface area contributed by atoms with Crippen LogP contribution in [0.1, 0.15) is 36.9 Å². The van der Waals surface area contributed by atoms with Crippen molar-refractivity contribution in [3.63, 3.8) is 0 Å². The summed E-state index contributed by atoms with van der Waals surface area (Å²) >= 11 is 0. The van der Waals surface area contributed by atoms with Gasteiger partial charge in [0.2, 0.25) is 0 Å². The molecule has 2 N–H and O–H groups in total. The Balaban J connectivity index is 1.83. The molecule has 1 aliphatic rings. The Hall–Kier alpha value is -1.06. The Morgan fingerprint density at radius 2 is 2.33 bits per heavy atom. The molecular formula is C15H23NO2. The van der Waals surface area contributed by atoms with E-state index in [2.05, 4.69) is 12.2 Å². The van der Waals surface area contributed by atoms with E-state index in [-0.39, 0.29) is 6.04 Å². The van der Waals surface area contributed by atoms with Crippen molar-refractivity contribution in [1.82, 2.24) is 5.32 Å². The van der Waals surface area contributed by atoms with Crippen molar-refractivity contribution in [2.24, 2.45) is 5.92 Å². The fourth-order valence-electron chi connectivity index (χ4n) is 2.45. The van der Waals surface area contributed by atoms with Crippen LogP contribution in [0.4, 0.5) is 0 Å². The van der Waals surface area contributed by atoms with E-state index in [9.17, 15) is 5.11 Å². The molecule has 0 radical (unpaired) electrons. The summed E-state index contributed by atoms with van der Waals surface area (Å²) in [5.41, 5.74) is 2.17. The van der Waals surface area contributed by atoms with Gasteiger partial charge in [0.1, 0.15) is 5.75 Å². The molecule has 1 aromatic carbocycles. The number of phenolic OH excluding ortho intramolecular Hbond substituents is 1. The molecule has 1 saturated heterocycles. The first-order valence-corrected chi connectivity index (χ1v) is 6.77. The van der Waals surface area contributed by atoms with E-state index in [0.717, 1.165) is 31.7 Å². The summed E-state index contributed by atoms with van der Waals surface area (Å²) in [6, 6.07) is 5.94. The van der Waals surface area contributed by atoms with Crippen molar-refractivity contribution >= 4 is 0 Å². The third-order valence-electron chi connectivity index (χ3n) is 3.68. The average Bonchev–Trinajstić information content (AvgIpc) is 2.85. The largest absolute Gasteiger partial charge is 0.508 e. The molecule has 3 heteroatoms. The molecule has 1 heterocycles. The topological polar surface area (TPSA) is 41.5 Å². The van der Waals surface area contributed by atoms with Crippen LogP contribution in [0.3, 0.4) is 0 Å². The van der Waals surface area contributed by atoms with E-state index >= 15 is 0 Å². The summed E-state index contributed by atoms with van der Waals surface area (Å²) in [6.45, 7) is 6.94. The Morgan fingerprint density at radius 1 is 1.50 bits per heavy atom. The minimum Gasteiger partial charge on any atom is -0.508 e. The van der Waals surface area contributed by atoms with Gasteiger partial charge in [-0.2, -0.15) is 0 Å². The summed E-state index contributed by atoms with van der Waals surface area (Å²) in [5, 5.41) is 13.3. The quantitative estimate of drug-likeness (QED) is 0.843. The zero-order valence-corrected chi connectivity index (χ0v) is 11.3. The number of hydrogen-bond donors (Lipinski definition) is 2. The van der Waals surface area contributed by atoms with Crippen LogP contribution < -0.4 is 5.32 Å². The van der Waals surface area contributed by atoms with Crippen LogP contribution >= 0.6 is 0 Å². The number of rotatable bonds is 5. The second-order valence-electron chi connectivity index (χ2n) is 5.26. The number of aryl methyl sites for hydroxylation is 1. The molecule has 0 bridgehead atoms. The summed E-state index contributed by atoms with van der Waals surface area (Å²) < 4.78 is 5.37. The molecule has 0 amide bonds. The summed E-state index contributed by atoms with van der Waals surface area (Å²) in [6.07, 6.45) is 2.34. The smallest absolute Gasteiger partial charge is 0.120 e. The molecule has 3 nitrogen and oxygen atoms in total. The minimum absolute atomic E-state index is 0.187. The molecule has 1 aliphatic heterocycles. The number of ether oxygens (including phenoxy) is 1. The van der Waals surface area contributed by atoms with Gasteiger partial charge in [-0.05, 0) is 45.2 Å². The van der Waals surface area contributed by atoms with Gasteiger partial charge in [-0.1, -0.05) is 17.7 Å². The fourth-order valence-corrected chi connectivity index (χ4v) is 2.45. The van der Waals surface area contributed by atoms with Crippen LogP contribution in [0, 0.1) is 12.8 Å². The predicted octanol–water partition coefficient (Wildman–Crippen LogP) is 2.78. The first-order valence-electron chi connectivity index (χ1n) is 6.77. The highest BCUT2D eigenvalue weighted by Crippen LogP contribution is 2.25. The monoisotopic (exact) mass is 249 g/mol. The molecule has 0 spiro atoms. The van der Waals surface area contributed by atoms with Crippen LogP contribution in [-0.2, 0) is 4.74 Å². The number of benzene rings is 1. The average molecular weight is 249 g/mol. The molecule has 18 heavy (non-hydrogen) atoms. The number of nitrogens with one attached hydrogen (secondary N) is 1. The fraction of sp³-hybridized carbons (Fsp3) is 0.600. The maximum Gasteiger partial charge on any atom is 0.120 e. The van der Waals surface area contributed by atoms with Crippen LogP contribution in [0.15, 0.2) is 18.2 Å². The normalized spacial score (nSPS) is 21.1. The van der Waals surface area contributed by atoms with Crippen LogP contribution in [0.2, 0.25) is 0 Å². The van der Waals surface area contributed by atoms with Gasteiger partial charge >= 0.3 is 0 Å². The molecule has 0 aromatic heterocycles. The maximum atomic E-state index is 9.86. The standard InChI is InChI=1S/C15H23NO2/c1-11-3-4-15(17)14(9-11)12(2)16-7-5-13-6-8-18-10-13/h3-4,9,12-13,16-17H,5-8,10H2,1-2H3. The number of aromatic hydroxyl groups is 1. The zero-order valence-electron chi connectivity index (χ0n) is 11.3. The van der Waals surface area contributed by atoms with E-state index in [1.807, 2.05) is 19.1 Å². The highest BCUT2D eigenvalue weighted by atomic mass is 16.5. The van der Waals surface area contributed by atoms with E-state index in [1.165, 1.54) is 12.0 Å². The van der Waals surface area contributed by atoms with Crippen molar-refractivity contribution in [2.45, 2.75) is 32.7 Å². The Bertz CT molecular complexity index is 386. The molecule has 0 aliphatic carbocycles. The van der Waals surface area contributed by atoms with Crippen molar-refractivity contribution in [1.29, 1.82) is 0 Å². The van der Waals surface area contributed by atoms with Crippen LogP contribution in [-0.4, -0.2) is 24.9 Å². The van der Waals surface area contributed by atoms with Gasteiger partial charge in [-0.15, -0.1) is 0 Å². The lowest BCUT2D eigenvalue weighted by atomic mass is 10.0. The first-order chi connectivity index (χ1) is 8.66. The van der Waals surface area contributed by atoms with Gasteiger partial charge in [0.25, 0.3) is 0 Å². The number of hydrogen-bond acceptors (Lipinski definition) is 3. The molecule has 1 aromatic rings. The first kappa shape index (κ1) is 13.4. The van der Waals surface area contributed by atoms with Crippen molar-refractivity contribution in [3.8, 4) is 5.75 Å². The van der Waals surface area contributed by atoms with Crippen molar-refractivity contribution in [2.75, 3.05) is 19.8 Å². The van der Waals surface area contributed by atoms with Crippen LogP contribution in [0.5, 0.6) is 5.75 Å². The highest BCUT2D eigenvalue weighted by molar-refractivity contribution is 5.37. The van der Waals surface area contributed by atoms with Gasteiger partial charge in [0.05, 0.1) is 0 Å². The molecular weight excluding hydrogens is 226 g/mol. The lowest BCUT2D eigenvalue weighted by molar-refractivity contribution is 0.184. The summed E-state index contributed by atoms with van der Waals surface area (Å²) in [5.74, 6) is 1.08. The molecule has 2 unspecified atom stereocenters. The third kappa shape index (κ3) is 3.47. The molecule has 1 fully saturated rings. The molecule has 2 atom stereocenters. The lowest BCUT2D eigenvalue weighted by Gasteiger charge is -2.17. The van der Waals surface area contributed by atoms with Gasteiger partial charge < -0.3 is 15.2 Å². The van der Waals surface area contributed by atoms with Crippen molar-refractivity contribution < 1.29 is 9.84 Å². The van der Waals surface area contributed by atoms with Gasteiger partial charge in [-0.3, -0.25) is 0 Å². The summed E-state index contributed by atoms with van der Waals surface area (Å²) in [7, 11) is 0. The SMILES string of the molecule is Cc1ccc(O)c(C(C)NCCC2CCOC2)c1. The van der Waals surface area contributed by atoms with E-state index in [1.54, 1.807) is 6.07 Å². The molecule has 2 rings (SSSR count). The lowest BCUT2D eigenvalue weighted by Crippen LogP contribution is -2.22. The third-order valence-corrected chi connectivity index (χ3v) is 3.68. The van der Waals surface area contributed by atoms with Gasteiger partial charge in [0.15, 0.2) is 0 Å². The maximum absolute atomic E-state index is 9.86. The second kappa shape index (κ2) is 6.21. The minimum atomic E-state index is 0.187. The van der Waals surface area contributed by atoms with Gasteiger partial charge in [0, 0.05) is 24.8 Å². The Labute approximate surface area is 109 Å². The van der Waals surface area contributed by atoms with Crippen molar-refractivity contribution in [3.05, 3.63) is 29.3 Å². The summed E-state index contributed by atoms with van der Waals surface area (Å²) in [4.78, 5) is 0. The molecule has 0 saturated carbocycles. The molecule has 100 valence electrons. The Morgan fingerprint density at radius 3 is 3.06 bits per heavy atom. The van der Waals surface area contributed by atoms with Gasteiger partial charge in [-0.25, -0.2) is 0 Å².